The molecule has 0 amide bonds. The van der Waals surface area contributed by atoms with Crippen LogP contribution in [0.2, 0.25) is 0 Å². The molecule has 1 spiro atoms. The summed E-state index contributed by atoms with van der Waals surface area (Å²) in [7, 11) is 0. The fourth-order valence-corrected chi connectivity index (χ4v) is 5.01. The van der Waals surface area contributed by atoms with E-state index in [4.69, 9.17) is 0 Å². The summed E-state index contributed by atoms with van der Waals surface area (Å²) in [5.41, 5.74) is 4.63. The van der Waals surface area contributed by atoms with Crippen LogP contribution in [0.4, 0.5) is 11.4 Å². The fourth-order valence-electron chi connectivity index (χ4n) is 5.01. The molecule has 2 aliphatic rings. The first-order valence-electron chi connectivity index (χ1n) is 10.7. The summed E-state index contributed by atoms with van der Waals surface area (Å²) < 4.78 is 0. The summed E-state index contributed by atoms with van der Waals surface area (Å²) >= 11 is 0. The molecule has 0 saturated carbocycles. The maximum atomic E-state index is 9.21. The van der Waals surface area contributed by atoms with E-state index in [9.17, 15) is 5.26 Å². The molecule has 0 radical (unpaired) electrons. The van der Waals surface area contributed by atoms with Crippen LogP contribution in [0.1, 0.15) is 62.9 Å². The Balaban J connectivity index is 1.43. The van der Waals surface area contributed by atoms with Crippen LogP contribution >= 0.6 is 0 Å². The smallest absolute Gasteiger partial charge is 0.130 e. The predicted molar refractivity (Wildman–Crippen MR) is 117 cm³/mol. The topological polar surface area (TPSA) is 56.1 Å². The number of anilines is 2. The van der Waals surface area contributed by atoms with Gasteiger partial charge in [0.2, 0.25) is 0 Å². The third-order valence-electron chi connectivity index (χ3n) is 6.79. The molecule has 4 rings (SSSR count). The van der Waals surface area contributed by atoms with Crippen molar-refractivity contribution in [1.29, 1.82) is 5.26 Å². The summed E-state index contributed by atoms with van der Waals surface area (Å²) in [6.45, 7) is 11.9. The molecule has 0 N–H and O–H groups in total. The van der Waals surface area contributed by atoms with Crippen molar-refractivity contribution < 1.29 is 0 Å². The van der Waals surface area contributed by atoms with Gasteiger partial charge in [-0.25, -0.2) is 9.97 Å². The molecule has 1 atom stereocenters. The number of benzene rings is 1. The third kappa shape index (κ3) is 3.81. The molecule has 1 aromatic carbocycles. The van der Waals surface area contributed by atoms with E-state index in [1.807, 2.05) is 25.4 Å². The minimum atomic E-state index is 0.366. The average Bonchev–Trinajstić information content (AvgIpc) is 3.04. The van der Waals surface area contributed by atoms with E-state index in [1.54, 1.807) is 0 Å². The van der Waals surface area contributed by atoms with Crippen LogP contribution in [-0.2, 0) is 0 Å². The lowest BCUT2D eigenvalue weighted by atomic mass is 9.76. The van der Waals surface area contributed by atoms with Crippen LogP contribution in [-0.4, -0.2) is 35.6 Å². The van der Waals surface area contributed by atoms with E-state index in [-0.39, 0.29) is 0 Å². The zero-order chi connectivity index (χ0) is 20.6. The maximum Gasteiger partial charge on any atom is 0.130 e. The monoisotopic (exact) mass is 389 g/mol. The highest BCUT2D eigenvalue weighted by molar-refractivity contribution is 5.55. The molecule has 0 bridgehead atoms. The van der Waals surface area contributed by atoms with Gasteiger partial charge in [0.1, 0.15) is 5.82 Å². The summed E-state index contributed by atoms with van der Waals surface area (Å²) in [6.07, 6.45) is 7.62. The van der Waals surface area contributed by atoms with E-state index in [1.165, 1.54) is 24.9 Å². The number of nitriles is 1. The molecule has 29 heavy (non-hydrogen) atoms. The molecule has 5 heteroatoms. The Bertz CT molecular complexity index is 904. The quantitative estimate of drug-likeness (QED) is 0.764. The van der Waals surface area contributed by atoms with Crippen molar-refractivity contribution in [3.8, 4) is 6.07 Å². The predicted octanol–water partition coefficient (Wildman–Crippen LogP) is 4.67. The molecular formula is C24H31N5. The Labute approximate surface area is 174 Å². The van der Waals surface area contributed by atoms with Gasteiger partial charge in [-0.3, -0.25) is 0 Å². The van der Waals surface area contributed by atoms with Gasteiger partial charge in [0.25, 0.3) is 0 Å². The second kappa shape index (κ2) is 7.67. The molecule has 152 valence electrons. The van der Waals surface area contributed by atoms with E-state index in [0.29, 0.717) is 17.4 Å². The molecular weight excluding hydrogens is 358 g/mol. The molecule has 2 fully saturated rings. The normalized spacial score (nSPS) is 21.0. The van der Waals surface area contributed by atoms with Crippen molar-refractivity contribution in [1.82, 2.24) is 9.97 Å². The minimum absolute atomic E-state index is 0.366. The van der Waals surface area contributed by atoms with Crippen molar-refractivity contribution in [2.75, 3.05) is 29.4 Å². The van der Waals surface area contributed by atoms with Gasteiger partial charge in [-0.2, -0.15) is 5.26 Å². The van der Waals surface area contributed by atoms with Gasteiger partial charge in [0, 0.05) is 37.3 Å². The number of hydrogen-bond donors (Lipinski definition) is 0. The standard InChI is InChI=1S/C24H31N5/c1-17(2)23-26-14-22(15-27-23)28-9-7-24(8-10-28)12-19(4)29(16-24)21-6-5-20(13-25)18(3)11-21/h5-6,11,14-15,17,19H,7-10,12,16H2,1-4H3. The van der Waals surface area contributed by atoms with Crippen LogP contribution < -0.4 is 9.80 Å². The number of piperidine rings is 1. The van der Waals surface area contributed by atoms with Gasteiger partial charge < -0.3 is 9.80 Å². The van der Waals surface area contributed by atoms with Crippen LogP contribution in [0.25, 0.3) is 0 Å². The largest absolute Gasteiger partial charge is 0.369 e. The van der Waals surface area contributed by atoms with E-state index in [0.717, 1.165) is 42.3 Å². The highest BCUT2D eigenvalue weighted by Gasteiger charge is 2.44. The van der Waals surface area contributed by atoms with Gasteiger partial charge in [-0.15, -0.1) is 0 Å². The van der Waals surface area contributed by atoms with Crippen LogP contribution in [0.15, 0.2) is 30.6 Å². The first-order valence-corrected chi connectivity index (χ1v) is 10.7. The molecule has 2 saturated heterocycles. The Morgan fingerprint density at radius 2 is 1.83 bits per heavy atom. The molecule has 2 aliphatic heterocycles. The van der Waals surface area contributed by atoms with Gasteiger partial charge >= 0.3 is 0 Å². The van der Waals surface area contributed by atoms with E-state index >= 15 is 0 Å². The van der Waals surface area contributed by atoms with E-state index in [2.05, 4.69) is 58.7 Å². The Kier molecular flexibility index (Phi) is 5.21. The zero-order valence-corrected chi connectivity index (χ0v) is 18.0. The van der Waals surface area contributed by atoms with Crippen LogP contribution in [0.5, 0.6) is 0 Å². The van der Waals surface area contributed by atoms with Crippen molar-refractivity contribution in [3.63, 3.8) is 0 Å². The molecule has 5 nitrogen and oxygen atoms in total. The van der Waals surface area contributed by atoms with Gasteiger partial charge in [-0.05, 0) is 62.3 Å². The minimum Gasteiger partial charge on any atom is -0.369 e. The molecule has 0 aliphatic carbocycles. The zero-order valence-electron chi connectivity index (χ0n) is 18.0. The Hall–Kier alpha value is -2.61. The fraction of sp³-hybridized carbons (Fsp3) is 0.542. The number of rotatable bonds is 3. The summed E-state index contributed by atoms with van der Waals surface area (Å²) in [5.74, 6) is 1.28. The maximum absolute atomic E-state index is 9.21. The van der Waals surface area contributed by atoms with Crippen molar-refractivity contribution >= 4 is 11.4 Å². The number of nitrogens with zero attached hydrogens (tertiary/aromatic N) is 5. The van der Waals surface area contributed by atoms with Crippen molar-refractivity contribution in [2.45, 2.75) is 58.9 Å². The first kappa shape index (κ1) is 19.7. The number of hydrogen-bond acceptors (Lipinski definition) is 5. The van der Waals surface area contributed by atoms with Gasteiger partial charge in [0.15, 0.2) is 0 Å². The highest BCUT2D eigenvalue weighted by atomic mass is 15.2. The second-order valence-electron chi connectivity index (χ2n) is 9.23. The van der Waals surface area contributed by atoms with Crippen LogP contribution in [0.3, 0.4) is 0 Å². The summed E-state index contributed by atoms with van der Waals surface area (Å²) in [6, 6.07) is 9.06. The highest BCUT2D eigenvalue weighted by Crippen LogP contribution is 2.45. The number of aryl methyl sites for hydroxylation is 1. The lowest BCUT2D eigenvalue weighted by molar-refractivity contribution is 0.245. The van der Waals surface area contributed by atoms with Crippen molar-refractivity contribution in [2.24, 2.45) is 5.41 Å². The average molecular weight is 390 g/mol. The number of aromatic nitrogens is 2. The Morgan fingerprint density at radius 3 is 2.41 bits per heavy atom. The van der Waals surface area contributed by atoms with Crippen molar-refractivity contribution in [3.05, 3.63) is 47.5 Å². The molecule has 2 aromatic rings. The first-order chi connectivity index (χ1) is 13.9. The molecule has 1 unspecified atom stereocenters. The molecule has 1 aromatic heterocycles. The third-order valence-corrected chi connectivity index (χ3v) is 6.79. The van der Waals surface area contributed by atoms with E-state index < -0.39 is 0 Å². The van der Waals surface area contributed by atoms with Crippen LogP contribution in [0, 0.1) is 23.7 Å². The lowest BCUT2D eigenvalue weighted by Crippen LogP contribution is -2.41. The van der Waals surface area contributed by atoms with Gasteiger partial charge in [-0.1, -0.05) is 13.8 Å². The lowest BCUT2D eigenvalue weighted by Gasteiger charge is -2.40. The summed E-state index contributed by atoms with van der Waals surface area (Å²) in [4.78, 5) is 14.1. The summed E-state index contributed by atoms with van der Waals surface area (Å²) in [5, 5.41) is 9.21. The SMILES string of the molecule is Cc1cc(N2CC3(CCN(c4cnc(C(C)C)nc4)CC3)CC2C)ccc1C#N. The second-order valence-corrected chi connectivity index (χ2v) is 9.23. The molecule has 3 heterocycles. The Morgan fingerprint density at radius 1 is 1.14 bits per heavy atom. The van der Waals surface area contributed by atoms with Gasteiger partial charge in [0.05, 0.1) is 29.7 Å².